The first-order valence-electron chi connectivity index (χ1n) is 12.0. The van der Waals surface area contributed by atoms with Crippen molar-refractivity contribution in [1.82, 2.24) is 24.9 Å². The van der Waals surface area contributed by atoms with E-state index in [9.17, 15) is 4.79 Å². The first-order chi connectivity index (χ1) is 17.2. The Morgan fingerprint density at radius 2 is 1.97 bits per heavy atom. The second-order valence-corrected chi connectivity index (χ2v) is 8.68. The van der Waals surface area contributed by atoms with Crippen LogP contribution in [0.5, 0.6) is 5.75 Å². The molecule has 0 unspecified atom stereocenters. The van der Waals surface area contributed by atoms with Gasteiger partial charge in [-0.15, -0.1) is 12.4 Å². The molecule has 4 aromatic rings. The molecule has 9 nitrogen and oxygen atoms in total. The Balaban J connectivity index is 0.00000304. The predicted octanol–water partition coefficient (Wildman–Crippen LogP) is 3.78. The molecule has 2 aromatic carbocycles. The molecule has 0 aliphatic carbocycles. The van der Waals surface area contributed by atoms with Crippen molar-refractivity contribution in [3.05, 3.63) is 66.7 Å². The van der Waals surface area contributed by atoms with Gasteiger partial charge < -0.3 is 24.0 Å². The number of fused-ring (bicyclic) bond motifs is 1. The predicted molar refractivity (Wildman–Crippen MR) is 142 cm³/mol. The van der Waals surface area contributed by atoms with Crippen LogP contribution in [-0.2, 0) is 0 Å². The number of aromatic nitrogens is 3. The van der Waals surface area contributed by atoms with Crippen molar-refractivity contribution in [3.63, 3.8) is 0 Å². The van der Waals surface area contributed by atoms with E-state index in [1.165, 1.54) is 0 Å². The lowest BCUT2D eigenvalue weighted by atomic mass is 10.2. The zero-order chi connectivity index (χ0) is 24.0. The van der Waals surface area contributed by atoms with Gasteiger partial charge in [0.2, 0.25) is 0 Å². The molecule has 3 heterocycles. The van der Waals surface area contributed by atoms with Gasteiger partial charge in [0.25, 0.3) is 5.91 Å². The van der Waals surface area contributed by atoms with Crippen LogP contribution in [0.15, 0.2) is 65.7 Å². The van der Waals surface area contributed by atoms with E-state index in [1.54, 1.807) is 19.6 Å². The fourth-order valence-electron chi connectivity index (χ4n) is 4.43. The fraction of sp³-hybridized carbons (Fsp3) is 0.346. The summed E-state index contributed by atoms with van der Waals surface area (Å²) in [6, 6.07) is 13.3. The smallest absolute Gasteiger partial charge is 0.251 e. The Bertz CT molecular complexity index is 1270. The molecular formula is C26H31ClN6O3. The lowest BCUT2D eigenvalue weighted by Gasteiger charge is -2.34. The third kappa shape index (κ3) is 5.80. The molecule has 1 fully saturated rings. The number of imidazole rings is 1. The van der Waals surface area contributed by atoms with Gasteiger partial charge >= 0.3 is 0 Å². The van der Waals surface area contributed by atoms with Crippen molar-refractivity contribution in [2.45, 2.75) is 12.8 Å². The average molecular weight is 511 g/mol. The highest BCUT2D eigenvalue weighted by Crippen LogP contribution is 2.30. The van der Waals surface area contributed by atoms with Gasteiger partial charge in [-0.25, -0.2) is 4.98 Å². The van der Waals surface area contributed by atoms with E-state index >= 15 is 0 Å². The summed E-state index contributed by atoms with van der Waals surface area (Å²) in [6.07, 6.45) is 7.30. The Morgan fingerprint density at radius 3 is 2.75 bits per heavy atom. The third-order valence-corrected chi connectivity index (χ3v) is 6.43. The van der Waals surface area contributed by atoms with Gasteiger partial charge in [0.15, 0.2) is 11.4 Å². The monoisotopic (exact) mass is 510 g/mol. The molecule has 2 aromatic heterocycles. The van der Waals surface area contributed by atoms with E-state index in [1.807, 2.05) is 53.2 Å². The number of piperazine rings is 1. The molecule has 1 N–H and O–H groups in total. The number of nitrogens with zero attached hydrogens (tertiary/aromatic N) is 5. The van der Waals surface area contributed by atoms with Crippen molar-refractivity contribution in [1.29, 1.82) is 0 Å². The molecule has 0 radical (unpaired) electrons. The number of nitrogens with one attached hydrogen (secondary N) is 1. The number of methoxy groups -OCH3 is 1. The second-order valence-electron chi connectivity index (χ2n) is 8.68. The van der Waals surface area contributed by atoms with Gasteiger partial charge in [0, 0.05) is 56.4 Å². The number of benzene rings is 2. The lowest BCUT2D eigenvalue weighted by molar-refractivity contribution is 0.0952. The van der Waals surface area contributed by atoms with Crippen molar-refractivity contribution in [2.24, 2.45) is 0 Å². The molecular weight excluding hydrogens is 480 g/mol. The summed E-state index contributed by atoms with van der Waals surface area (Å²) in [6.45, 7) is 5.46. The number of hydrogen-bond donors (Lipinski definition) is 1. The van der Waals surface area contributed by atoms with E-state index in [2.05, 4.69) is 25.3 Å². The molecule has 0 saturated carbocycles. The Hall–Kier alpha value is -3.56. The molecule has 0 spiro atoms. The van der Waals surface area contributed by atoms with Crippen LogP contribution in [0.2, 0.25) is 0 Å². The molecule has 190 valence electrons. The van der Waals surface area contributed by atoms with Crippen LogP contribution in [0.4, 0.5) is 5.82 Å². The molecule has 1 saturated heterocycles. The second kappa shape index (κ2) is 11.9. The molecule has 1 aliphatic rings. The standard InChI is InChI=1S/C26H30N6O3.ClH/c1-34-22-7-8-24-23(18-22)25(29-35-24)31-15-13-30(14-16-31)11-3-2-9-28-26(33)20-5-4-6-21(17-20)32-12-10-27-19-32;/h4-8,10,12,17-19H,2-3,9,11,13-16H2,1H3,(H,28,33);1H. The summed E-state index contributed by atoms with van der Waals surface area (Å²) in [4.78, 5) is 21.3. The molecule has 0 bridgehead atoms. The molecule has 1 amide bonds. The zero-order valence-electron chi connectivity index (χ0n) is 20.3. The molecule has 0 atom stereocenters. The number of anilines is 1. The largest absolute Gasteiger partial charge is 0.497 e. The quantitative estimate of drug-likeness (QED) is 0.343. The third-order valence-electron chi connectivity index (χ3n) is 6.43. The van der Waals surface area contributed by atoms with Gasteiger partial charge in [-0.1, -0.05) is 11.2 Å². The highest BCUT2D eigenvalue weighted by atomic mass is 35.5. The number of amides is 1. The lowest BCUT2D eigenvalue weighted by Crippen LogP contribution is -2.46. The van der Waals surface area contributed by atoms with Gasteiger partial charge in [-0.2, -0.15) is 0 Å². The molecule has 10 heteroatoms. The van der Waals surface area contributed by atoms with E-state index in [0.29, 0.717) is 12.1 Å². The van der Waals surface area contributed by atoms with E-state index in [4.69, 9.17) is 9.26 Å². The van der Waals surface area contributed by atoms with Gasteiger partial charge in [0.1, 0.15) is 5.75 Å². The first-order valence-corrected chi connectivity index (χ1v) is 12.0. The number of hydrogen-bond acceptors (Lipinski definition) is 7. The highest BCUT2D eigenvalue weighted by molar-refractivity contribution is 5.94. The summed E-state index contributed by atoms with van der Waals surface area (Å²) < 4.78 is 12.7. The number of carbonyl (C=O) groups is 1. The average Bonchev–Trinajstić information content (AvgIpc) is 3.59. The maximum atomic E-state index is 12.5. The van der Waals surface area contributed by atoms with Crippen LogP contribution in [0.25, 0.3) is 16.7 Å². The minimum Gasteiger partial charge on any atom is -0.497 e. The van der Waals surface area contributed by atoms with Gasteiger partial charge in [-0.05, 0) is 55.8 Å². The van der Waals surface area contributed by atoms with Gasteiger partial charge in [-0.3, -0.25) is 9.69 Å². The van der Waals surface area contributed by atoms with E-state index < -0.39 is 0 Å². The number of unbranched alkanes of at least 4 members (excludes halogenated alkanes) is 1. The maximum absolute atomic E-state index is 12.5. The summed E-state index contributed by atoms with van der Waals surface area (Å²) >= 11 is 0. The minimum absolute atomic E-state index is 0. The maximum Gasteiger partial charge on any atom is 0.251 e. The Morgan fingerprint density at radius 1 is 1.11 bits per heavy atom. The Labute approximate surface area is 216 Å². The summed E-state index contributed by atoms with van der Waals surface area (Å²) in [5.41, 5.74) is 2.36. The molecule has 5 rings (SSSR count). The van der Waals surface area contributed by atoms with Crippen molar-refractivity contribution in [2.75, 3.05) is 51.3 Å². The number of halogens is 1. The van der Waals surface area contributed by atoms with E-state index in [0.717, 1.165) is 73.8 Å². The van der Waals surface area contributed by atoms with Crippen LogP contribution >= 0.6 is 12.4 Å². The number of carbonyl (C=O) groups excluding carboxylic acids is 1. The van der Waals surface area contributed by atoms with Crippen molar-refractivity contribution < 1.29 is 14.1 Å². The first kappa shape index (κ1) is 25.5. The summed E-state index contributed by atoms with van der Waals surface area (Å²) in [5, 5.41) is 8.33. The van der Waals surface area contributed by atoms with E-state index in [-0.39, 0.29) is 18.3 Å². The zero-order valence-corrected chi connectivity index (χ0v) is 21.1. The number of ether oxygens (including phenoxy) is 1. The van der Waals surface area contributed by atoms with Crippen LogP contribution in [0.1, 0.15) is 23.2 Å². The van der Waals surface area contributed by atoms with Gasteiger partial charge in [0.05, 0.1) is 18.8 Å². The van der Waals surface area contributed by atoms with Crippen molar-refractivity contribution >= 4 is 35.1 Å². The summed E-state index contributed by atoms with van der Waals surface area (Å²) in [5.74, 6) is 1.65. The molecule has 36 heavy (non-hydrogen) atoms. The fourth-order valence-corrected chi connectivity index (χ4v) is 4.43. The van der Waals surface area contributed by atoms with Crippen LogP contribution in [0.3, 0.4) is 0 Å². The topological polar surface area (TPSA) is 88.7 Å². The normalized spacial score (nSPS) is 14.0. The Kier molecular flexibility index (Phi) is 8.45. The highest BCUT2D eigenvalue weighted by Gasteiger charge is 2.21. The summed E-state index contributed by atoms with van der Waals surface area (Å²) in [7, 11) is 1.67. The SMILES string of the molecule is COc1ccc2onc(N3CCN(CCCCNC(=O)c4cccc(-n5ccnc5)c4)CC3)c2c1.Cl. The van der Waals surface area contributed by atoms with Crippen molar-refractivity contribution in [3.8, 4) is 11.4 Å². The minimum atomic E-state index is -0.0444. The van der Waals surface area contributed by atoms with Crippen LogP contribution in [0, 0.1) is 0 Å². The van der Waals surface area contributed by atoms with Crippen LogP contribution < -0.4 is 15.0 Å². The van der Waals surface area contributed by atoms with Crippen LogP contribution in [-0.4, -0.2) is 71.9 Å². The number of rotatable bonds is 9. The molecule has 1 aliphatic heterocycles.